The molecule has 0 bridgehead atoms. The van der Waals surface area contributed by atoms with Gasteiger partial charge in [-0.15, -0.1) is 24.0 Å². The highest BCUT2D eigenvalue weighted by atomic mass is 127. The number of rotatable bonds is 8. The number of hydrogen-bond donors (Lipinski definition) is 1. The number of nitrogens with zero attached hydrogens (tertiary/aromatic N) is 2. The van der Waals surface area contributed by atoms with E-state index in [1.807, 2.05) is 31.3 Å². The fraction of sp³-hybridized carbons (Fsp3) is 0.421. The number of benzene rings is 1. The summed E-state index contributed by atoms with van der Waals surface area (Å²) in [6.07, 6.45) is 3.41. The van der Waals surface area contributed by atoms with Crippen molar-refractivity contribution in [3.05, 3.63) is 47.9 Å². The van der Waals surface area contributed by atoms with Gasteiger partial charge in [0.1, 0.15) is 5.76 Å². The Labute approximate surface area is 172 Å². The van der Waals surface area contributed by atoms with Crippen molar-refractivity contribution in [2.75, 3.05) is 41.4 Å². The Morgan fingerprint density at radius 2 is 1.92 bits per heavy atom. The lowest BCUT2D eigenvalue weighted by atomic mass is 10.1. The maximum Gasteiger partial charge on any atom is 0.193 e. The normalized spacial score (nSPS) is 10.8. The van der Waals surface area contributed by atoms with Crippen molar-refractivity contribution < 1.29 is 13.9 Å². The van der Waals surface area contributed by atoms with Crippen molar-refractivity contribution in [2.24, 2.45) is 4.99 Å². The van der Waals surface area contributed by atoms with Crippen LogP contribution in [0.5, 0.6) is 11.5 Å². The molecule has 0 saturated carbocycles. The Kier molecular flexibility index (Phi) is 9.93. The Morgan fingerprint density at radius 1 is 1.15 bits per heavy atom. The molecule has 0 fully saturated rings. The quantitative estimate of drug-likeness (QED) is 0.363. The first-order valence-electron chi connectivity index (χ1n) is 8.33. The van der Waals surface area contributed by atoms with Gasteiger partial charge in [0.15, 0.2) is 17.5 Å². The van der Waals surface area contributed by atoms with Gasteiger partial charge in [-0.25, -0.2) is 0 Å². The maximum absolute atomic E-state index is 5.36. The number of aliphatic imine (C=N–C) groups is 1. The molecule has 1 N–H and O–H groups in total. The fourth-order valence-corrected chi connectivity index (χ4v) is 2.58. The Balaban J connectivity index is 0.00000338. The van der Waals surface area contributed by atoms with Crippen LogP contribution < -0.4 is 14.8 Å². The van der Waals surface area contributed by atoms with Crippen molar-refractivity contribution in [3.8, 4) is 11.5 Å². The van der Waals surface area contributed by atoms with Gasteiger partial charge in [-0.05, 0) is 36.2 Å². The second kappa shape index (κ2) is 11.7. The molecular weight excluding hydrogens is 445 g/mol. The molecule has 6 nitrogen and oxygen atoms in total. The molecule has 0 aliphatic carbocycles. The van der Waals surface area contributed by atoms with Gasteiger partial charge in [-0.2, -0.15) is 0 Å². The van der Waals surface area contributed by atoms with Crippen LogP contribution in [0.1, 0.15) is 11.3 Å². The van der Waals surface area contributed by atoms with E-state index in [4.69, 9.17) is 13.9 Å². The lowest BCUT2D eigenvalue weighted by Crippen LogP contribution is -2.40. The summed E-state index contributed by atoms with van der Waals surface area (Å²) < 4.78 is 16.0. The summed E-state index contributed by atoms with van der Waals surface area (Å²) in [6.45, 7) is 1.62. The molecule has 0 aliphatic rings. The zero-order valence-electron chi connectivity index (χ0n) is 15.8. The number of ether oxygens (including phenoxy) is 2. The first-order valence-corrected chi connectivity index (χ1v) is 8.33. The van der Waals surface area contributed by atoms with Gasteiger partial charge in [-0.3, -0.25) is 4.99 Å². The molecule has 0 aliphatic heterocycles. The fourth-order valence-electron chi connectivity index (χ4n) is 2.58. The van der Waals surface area contributed by atoms with Crippen molar-refractivity contribution >= 4 is 29.9 Å². The van der Waals surface area contributed by atoms with Crippen LogP contribution in [0.2, 0.25) is 0 Å². The van der Waals surface area contributed by atoms with Crippen LogP contribution in [0.15, 0.2) is 46.0 Å². The van der Waals surface area contributed by atoms with Gasteiger partial charge in [0.2, 0.25) is 0 Å². The Morgan fingerprint density at radius 3 is 2.54 bits per heavy atom. The summed E-state index contributed by atoms with van der Waals surface area (Å²) in [5.74, 6) is 3.33. The highest BCUT2D eigenvalue weighted by Crippen LogP contribution is 2.27. The number of nitrogens with one attached hydrogen (secondary N) is 1. The molecule has 26 heavy (non-hydrogen) atoms. The highest BCUT2D eigenvalue weighted by molar-refractivity contribution is 14.0. The summed E-state index contributed by atoms with van der Waals surface area (Å²) in [7, 11) is 7.12. The minimum absolute atomic E-state index is 0. The SMILES string of the molecule is CN=C(NCCc1ccco1)N(C)CCc1ccc(OC)c(OC)c1.I. The van der Waals surface area contributed by atoms with Gasteiger partial charge in [0, 0.05) is 33.6 Å². The molecule has 144 valence electrons. The predicted molar refractivity (Wildman–Crippen MR) is 115 cm³/mol. The number of likely N-dealkylation sites (N-methyl/N-ethyl adjacent to an activating group) is 1. The molecule has 0 atom stereocenters. The van der Waals surface area contributed by atoms with Crippen molar-refractivity contribution in [2.45, 2.75) is 12.8 Å². The summed E-state index contributed by atoms with van der Waals surface area (Å²) in [5.41, 5.74) is 1.19. The maximum atomic E-state index is 5.36. The Hall–Kier alpha value is -1.90. The van der Waals surface area contributed by atoms with E-state index < -0.39 is 0 Å². The molecule has 1 heterocycles. The molecular formula is C19H28IN3O3. The second-order valence-corrected chi connectivity index (χ2v) is 5.66. The summed E-state index contributed by atoms with van der Waals surface area (Å²) in [6, 6.07) is 9.89. The molecule has 7 heteroatoms. The van der Waals surface area contributed by atoms with Gasteiger partial charge in [0.25, 0.3) is 0 Å². The van der Waals surface area contributed by atoms with Crippen LogP contribution in [0.4, 0.5) is 0 Å². The smallest absolute Gasteiger partial charge is 0.193 e. The Bertz CT molecular complexity index is 675. The van der Waals surface area contributed by atoms with E-state index in [1.54, 1.807) is 27.5 Å². The molecule has 1 aromatic carbocycles. The third kappa shape index (κ3) is 6.44. The number of methoxy groups -OCH3 is 2. The minimum Gasteiger partial charge on any atom is -0.493 e. The number of furan rings is 1. The zero-order chi connectivity index (χ0) is 18.1. The van der Waals surface area contributed by atoms with Crippen LogP contribution >= 0.6 is 24.0 Å². The minimum atomic E-state index is 0. The van der Waals surface area contributed by atoms with Crippen molar-refractivity contribution in [3.63, 3.8) is 0 Å². The lowest BCUT2D eigenvalue weighted by Gasteiger charge is -2.22. The molecule has 0 spiro atoms. The summed E-state index contributed by atoms with van der Waals surface area (Å²) in [4.78, 5) is 6.45. The topological polar surface area (TPSA) is 59.2 Å². The van der Waals surface area contributed by atoms with Crippen molar-refractivity contribution in [1.29, 1.82) is 0 Å². The second-order valence-electron chi connectivity index (χ2n) is 5.66. The largest absolute Gasteiger partial charge is 0.493 e. The van der Waals surface area contributed by atoms with E-state index in [1.165, 1.54) is 5.56 Å². The van der Waals surface area contributed by atoms with Gasteiger partial charge in [-0.1, -0.05) is 6.07 Å². The lowest BCUT2D eigenvalue weighted by molar-refractivity contribution is 0.354. The zero-order valence-corrected chi connectivity index (χ0v) is 18.2. The van der Waals surface area contributed by atoms with Crippen molar-refractivity contribution in [1.82, 2.24) is 10.2 Å². The van der Waals surface area contributed by atoms with E-state index in [0.717, 1.165) is 49.1 Å². The first kappa shape index (κ1) is 22.1. The molecule has 0 unspecified atom stereocenters. The van der Waals surface area contributed by atoms with E-state index in [9.17, 15) is 0 Å². The van der Waals surface area contributed by atoms with Crippen LogP contribution in [0, 0.1) is 0 Å². The van der Waals surface area contributed by atoms with E-state index in [2.05, 4.69) is 21.3 Å². The van der Waals surface area contributed by atoms with Gasteiger partial charge < -0.3 is 24.1 Å². The van der Waals surface area contributed by atoms with Crippen LogP contribution in [-0.4, -0.2) is 52.3 Å². The third-order valence-electron chi connectivity index (χ3n) is 3.99. The molecule has 1 aromatic heterocycles. The third-order valence-corrected chi connectivity index (χ3v) is 3.99. The monoisotopic (exact) mass is 473 g/mol. The standard InChI is InChI=1S/C19H27N3O3.HI/c1-20-19(21-11-9-16-6-5-13-25-16)22(2)12-10-15-7-8-17(23-3)18(14-15)24-4;/h5-8,13-14H,9-12H2,1-4H3,(H,20,21);1H. The molecule has 0 radical (unpaired) electrons. The molecule has 0 amide bonds. The van der Waals surface area contributed by atoms with E-state index >= 15 is 0 Å². The summed E-state index contributed by atoms with van der Waals surface area (Å²) in [5, 5.41) is 3.36. The number of guanidine groups is 1. The van der Waals surface area contributed by atoms with E-state index in [0.29, 0.717) is 0 Å². The molecule has 0 saturated heterocycles. The first-order chi connectivity index (χ1) is 12.2. The molecule has 2 rings (SSSR count). The average molecular weight is 473 g/mol. The van der Waals surface area contributed by atoms with Crippen LogP contribution in [0.3, 0.4) is 0 Å². The summed E-state index contributed by atoms with van der Waals surface area (Å²) >= 11 is 0. The van der Waals surface area contributed by atoms with Gasteiger partial charge in [0.05, 0.1) is 20.5 Å². The molecule has 2 aromatic rings. The predicted octanol–water partition coefficient (Wildman–Crippen LogP) is 3.21. The average Bonchev–Trinajstić information content (AvgIpc) is 3.16. The van der Waals surface area contributed by atoms with E-state index in [-0.39, 0.29) is 24.0 Å². The van der Waals surface area contributed by atoms with Crippen LogP contribution in [0.25, 0.3) is 0 Å². The highest BCUT2D eigenvalue weighted by Gasteiger charge is 2.08. The number of hydrogen-bond acceptors (Lipinski definition) is 4. The van der Waals surface area contributed by atoms with Crippen LogP contribution in [-0.2, 0) is 12.8 Å². The van der Waals surface area contributed by atoms with Gasteiger partial charge >= 0.3 is 0 Å². The number of halogens is 1.